The van der Waals surface area contributed by atoms with Gasteiger partial charge in [0.1, 0.15) is 0 Å². The molecular weight excluding hydrogens is 330 g/mol. The van der Waals surface area contributed by atoms with Crippen molar-refractivity contribution in [1.29, 1.82) is 0 Å². The van der Waals surface area contributed by atoms with Crippen LogP contribution in [-0.2, 0) is 11.3 Å². The maximum Gasteiger partial charge on any atom is 0.309 e. The summed E-state index contributed by atoms with van der Waals surface area (Å²) in [6.07, 6.45) is 1.38. The van der Waals surface area contributed by atoms with Crippen molar-refractivity contribution in [3.8, 4) is 0 Å². The van der Waals surface area contributed by atoms with Crippen molar-refractivity contribution >= 4 is 33.5 Å². The molecule has 0 amide bonds. The van der Waals surface area contributed by atoms with E-state index in [4.69, 9.17) is 11.6 Å². The van der Waals surface area contributed by atoms with E-state index in [1.807, 2.05) is 25.1 Å². The fraction of sp³-hybridized carbons (Fsp3) is 0.500. The van der Waals surface area contributed by atoms with Crippen LogP contribution in [0.1, 0.15) is 25.3 Å². The highest BCUT2D eigenvalue weighted by molar-refractivity contribution is 9.10. The van der Waals surface area contributed by atoms with Gasteiger partial charge in [-0.2, -0.15) is 0 Å². The molecule has 1 fully saturated rings. The smallest absolute Gasteiger partial charge is 0.309 e. The highest BCUT2D eigenvalue weighted by atomic mass is 79.9. The van der Waals surface area contributed by atoms with E-state index in [0.29, 0.717) is 12.8 Å². The molecule has 104 valence electrons. The average molecular weight is 347 g/mol. The minimum atomic E-state index is -0.686. The van der Waals surface area contributed by atoms with Gasteiger partial charge in [-0.25, -0.2) is 0 Å². The number of rotatable bonds is 3. The zero-order valence-corrected chi connectivity index (χ0v) is 13.2. The SMILES string of the molecule is CC1(C(=O)O)CCN(Cc2ccc(Br)cc2Cl)CC1. The number of benzene rings is 1. The van der Waals surface area contributed by atoms with Crippen LogP contribution in [0.5, 0.6) is 0 Å². The van der Waals surface area contributed by atoms with Crippen LogP contribution in [0, 0.1) is 5.41 Å². The standard InChI is InChI=1S/C14H17BrClNO2/c1-14(13(18)19)4-6-17(7-5-14)9-10-2-3-11(15)8-12(10)16/h2-3,8H,4-7,9H2,1H3,(H,18,19). The van der Waals surface area contributed by atoms with Gasteiger partial charge in [-0.1, -0.05) is 33.6 Å². The molecule has 0 bridgehead atoms. The Bertz CT molecular complexity index is 484. The van der Waals surface area contributed by atoms with E-state index in [1.54, 1.807) is 0 Å². The van der Waals surface area contributed by atoms with Gasteiger partial charge in [0.2, 0.25) is 0 Å². The molecule has 5 heteroatoms. The number of halogens is 2. The molecule has 1 aliphatic heterocycles. The molecule has 1 N–H and O–H groups in total. The molecule has 1 aromatic rings. The van der Waals surface area contributed by atoms with Crippen molar-refractivity contribution < 1.29 is 9.90 Å². The average Bonchev–Trinajstić information content (AvgIpc) is 2.35. The monoisotopic (exact) mass is 345 g/mol. The number of aliphatic carboxylic acids is 1. The maximum absolute atomic E-state index is 11.2. The Morgan fingerprint density at radius 1 is 1.47 bits per heavy atom. The van der Waals surface area contributed by atoms with E-state index < -0.39 is 11.4 Å². The molecule has 0 spiro atoms. The molecule has 1 heterocycles. The zero-order valence-electron chi connectivity index (χ0n) is 10.8. The van der Waals surface area contributed by atoms with Gasteiger partial charge in [-0.3, -0.25) is 9.69 Å². The van der Waals surface area contributed by atoms with Gasteiger partial charge in [-0.05, 0) is 50.6 Å². The minimum Gasteiger partial charge on any atom is -0.481 e. The van der Waals surface area contributed by atoms with Crippen molar-refractivity contribution in [2.75, 3.05) is 13.1 Å². The summed E-state index contributed by atoms with van der Waals surface area (Å²) in [5.74, 6) is -0.686. The molecular formula is C14H17BrClNO2. The second-order valence-electron chi connectivity index (χ2n) is 5.38. The largest absolute Gasteiger partial charge is 0.481 e. The minimum absolute atomic E-state index is 0.569. The Kier molecular flexibility index (Phi) is 4.54. The normalized spacial score (nSPS) is 19.3. The van der Waals surface area contributed by atoms with Crippen LogP contribution < -0.4 is 0 Å². The molecule has 0 unspecified atom stereocenters. The molecule has 0 atom stereocenters. The zero-order chi connectivity index (χ0) is 14.0. The van der Waals surface area contributed by atoms with Gasteiger partial charge in [-0.15, -0.1) is 0 Å². The molecule has 0 aromatic heterocycles. The fourth-order valence-corrected chi connectivity index (χ4v) is 3.04. The number of carboxylic acid groups (broad SMARTS) is 1. The molecule has 1 aromatic carbocycles. The second kappa shape index (κ2) is 5.81. The molecule has 1 aliphatic rings. The van der Waals surface area contributed by atoms with Crippen LogP contribution in [-0.4, -0.2) is 29.1 Å². The van der Waals surface area contributed by atoms with E-state index in [0.717, 1.165) is 34.7 Å². The third kappa shape index (κ3) is 3.50. The Morgan fingerprint density at radius 3 is 2.63 bits per heavy atom. The lowest BCUT2D eigenvalue weighted by atomic mass is 9.80. The highest BCUT2D eigenvalue weighted by Crippen LogP contribution is 2.32. The predicted octanol–water partition coefficient (Wildman–Crippen LogP) is 3.79. The van der Waals surface area contributed by atoms with E-state index in [9.17, 15) is 9.90 Å². The molecule has 1 saturated heterocycles. The molecule has 3 nitrogen and oxygen atoms in total. The summed E-state index contributed by atoms with van der Waals surface area (Å²) in [6, 6.07) is 5.88. The first-order valence-electron chi connectivity index (χ1n) is 6.30. The second-order valence-corrected chi connectivity index (χ2v) is 6.70. The Balaban J connectivity index is 1.98. The Hall–Kier alpha value is -0.580. The van der Waals surface area contributed by atoms with Gasteiger partial charge < -0.3 is 5.11 Å². The molecule has 0 saturated carbocycles. The lowest BCUT2D eigenvalue weighted by Crippen LogP contribution is -2.42. The number of piperidine rings is 1. The van der Waals surface area contributed by atoms with E-state index in [-0.39, 0.29) is 0 Å². The highest BCUT2D eigenvalue weighted by Gasteiger charge is 2.36. The van der Waals surface area contributed by atoms with Crippen LogP contribution in [0.15, 0.2) is 22.7 Å². The Morgan fingerprint density at radius 2 is 2.11 bits per heavy atom. The predicted molar refractivity (Wildman–Crippen MR) is 79.4 cm³/mol. The van der Waals surface area contributed by atoms with Crippen LogP contribution in [0.3, 0.4) is 0 Å². The number of carboxylic acids is 1. The summed E-state index contributed by atoms with van der Waals surface area (Å²) in [5, 5.41) is 9.95. The Labute approximate surface area is 126 Å². The van der Waals surface area contributed by atoms with Crippen molar-refractivity contribution in [3.05, 3.63) is 33.3 Å². The van der Waals surface area contributed by atoms with E-state index in [1.165, 1.54) is 0 Å². The summed E-state index contributed by atoms with van der Waals surface area (Å²) < 4.78 is 0.971. The van der Waals surface area contributed by atoms with E-state index in [2.05, 4.69) is 20.8 Å². The van der Waals surface area contributed by atoms with Crippen molar-refractivity contribution in [1.82, 2.24) is 4.90 Å². The number of likely N-dealkylation sites (tertiary alicyclic amines) is 1. The van der Waals surface area contributed by atoms with Gasteiger partial charge in [0.15, 0.2) is 0 Å². The number of hydrogen-bond acceptors (Lipinski definition) is 2. The summed E-state index contributed by atoms with van der Waals surface area (Å²) in [7, 11) is 0. The molecule has 19 heavy (non-hydrogen) atoms. The topological polar surface area (TPSA) is 40.5 Å². The fourth-order valence-electron chi connectivity index (χ4n) is 2.31. The third-order valence-corrected chi connectivity index (χ3v) is 4.73. The van der Waals surface area contributed by atoms with E-state index >= 15 is 0 Å². The van der Waals surface area contributed by atoms with Gasteiger partial charge in [0, 0.05) is 16.0 Å². The first kappa shape index (κ1) is 14.8. The molecule has 0 radical (unpaired) electrons. The number of nitrogens with zero attached hydrogens (tertiary/aromatic N) is 1. The van der Waals surface area contributed by atoms with Crippen molar-refractivity contribution in [3.63, 3.8) is 0 Å². The van der Waals surface area contributed by atoms with Crippen LogP contribution in [0.2, 0.25) is 5.02 Å². The lowest BCUT2D eigenvalue weighted by molar-refractivity contribution is -0.150. The van der Waals surface area contributed by atoms with Gasteiger partial charge in [0.25, 0.3) is 0 Å². The molecule has 0 aliphatic carbocycles. The van der Waals surface area contributed by atoms with Gasteiger partial charge in [0.05, 0.1) is 5.41 Å². The summed E-state index contributed by atoms with van der Waals surface area (Å²) in [4.78, 5) is 13.5. The quantitative estimate of drug-likeness (QED) is 0.905. The number of carbonyl (C=O) groups is 1. The molecule has 2 rings (SSSR count). The summed E-state index contributed by atoms with van der Waals surface area (Å²) in [6.45, 7) is 4.21. The first-order chi connectivity index (χ1) is 8.90. The van der Waals surface area contributed by atoms with Crippen molar-refractivity contribution in [2.24, 2.45) is 5.41 Å². The number of hydrogen-bond donors (Lipinski definition) is 1. The van der Waals surface area contributed by atoms with Crippen molar-refractivity contribution in [2.45, 2.75) is 26.3 Å². The summed E-state index contributed by atoms with van der Waals surface area (Å²) >= 11 is 9.59. The van der Waals surface area contributed by atoms with Gasteiger partial charge >= 0.3 is 5.97 Å². The maximum atomic E-state index is 11.2. The third-order valence-electron chi connectivity index (χ3n) is 3.88. The first-order valence-corrected chi connectivity index (χ1v) is 7.47. The summed E-state index contributed by atoms with van der Waals surface area (Å²) in [5.41, 5.74) is 0.517. The van der Waals surface area contributed by atoms with Crippen LogP contribution in [0.4, 0.5) is 0 Å². The van der Waals surface area contributed by atoms with Crippen LogP contribution >= 0.6 is 27.5 Å². The van der Waals surface area contributed by atoms with Crippen LogP contribution in [0.25, 0.3) is 0 Å². The lowest BCUT2D eigenvalue weighted by Gasteiger charge is -2.36.